The van der Waals surface area contributed by atoms with Crippen molar-refractivity contribution in [3.63, 3.8) is 0 Å². The van der Waals surface area contributed by atoms with E-state index in [-0.39, 0.29) is 5.54 Å². The maximum absolute atomic E-state index is 6.21. The van der Waals surface area contributed by atoms with Crippen LogP contribution in [0.3, 0.4) is 0 Å². The van der Waals surface area contributed by atoms with Crippen molar-refractivity contribution in [3.8, 4) is 0 Å². The first-order valence-corrected chi connectivity index (χ1v) is 7.57. The molecular weight excluding hydrogens is 312 g/mol. The Labute approximate surface area is 123 Å². The molecule has 0 aromatic heterocycles. The molecule has 18 heavy (non-hydrogen) atoms. The van der Waals surface area contributed by atoms with Crippen molar-refractivity contribution in [1.29, 1.82) is 0 Å². The third kappa shape index (κ3) is 3.01. The zero-order valence-corrected chi connectivity index (χ0v) is 13.5. The average molecular weight is 332 g/mol. The second-order valence-corrected chi connectivity index (χ2v) is 6.81. The van der Waals surface area contributed by atoms with Crippen LogP contribution < -0.4 is 10.2 Å². The maximum Gasteiger partial charge on any atom is 0.0568 e. The molecule has 1 saturated heterocycles. The summed E-state index contributed by atoms with van der Waals surface area (Å²) in [6.45, 7) is 8.75. The van der Waals surface area contributed by atoms with Gasteiger partial charge in [-0.3, -0.25) is 0 Å². The number of piperazine rings is 1. The molecule has 1 atom stereocenters. The quantitative estimate of drug-likeness (QED) is 0.879. The van der Waals surface area contributed by atoms with Crippen molar-refractivity contribution in [1.82, 2.24) is 5.32 Å². The number of nitrogens with one attached hydrogen (secondary N) is 1. The average Bonchev–Trinajstić information content (AvgIpc) is 2.32. The Balaban J connectivity index is 2.29. The van der Waals surface area contributed by atoms with Crippen LogP contribution >= 0.6 is 27.5 Å². The van der Waals surface area contributed by atoms with Gasteiger partial charge in [-0.25, -0.2) is 0 Å². The summed E-state index contributed by atoms with van der Waals surface area (Å²) in [5.74, 6) is 0. The lowest BCUT2D eigenvalue weighted by molar-refractivity contribution is 0.306. The second-order valence-electron chi connectivity index (χ2n) is 5.55. The first-order chi connectivity index (χ1) is 8.43. The summed E-state index contributed by atoms with van der Waals surface area (Å²) in [6.07, 6.45) is 1.14. The Kier molecular flexibility index (Phi) is 4.25. The van der Waals surface area contributed by atoms with E-state index >= 15 is 0 Å². The molecule has 1 aliphatic rings. The summed E-state index contributed by atoms with van der Waals surface area (Å²) in [5.41, 5.74) is 1.36. The third-order valence-corrected chi connectivity index (χ3v) is 4.76. The van der Waals surface area contributed by atoms with Gasteiger partial charge in [-0.15, -0.1) is 0 Å². The first-order valence-electron chi connectivity index (χ1n) is 6.39. The van der Waals surface area contributed by atoms with Gasteiger partial charge >= 0.3 is 0 Å². The van der Waals surface area contributed by atoms with Crippen molar-refractivity contribution in [2.24, 2.45) is 0 Å². The SMILES string of the molecule is CCC1CNC(C)(C)CN1c1ccc(Br)c(Cl)c1. The molecule has 0 radical (unpaired) electrons. The third-order valence-electron chi connectivity index (χ3n) is 3.53. The van der Waals surface area contributed by atoms with E-state index in [0.717, 1.165) is 29.0 Å². The lowest BCUT2D eigenvalue weighted by Crippen LogP contribution is -2.61. The van der Waals surface area contributed by atoms with Gasteiger partial charge < -0.3 is 10.2 Å². The molecule has 1 aromatic rings. The summed E-state index contributed by atoms with van der Waals surface area (Å²) >= 11 is 9.65. The number of rotatable bonds is 2. The Hall–Kier alpha value is -0.250. The molecule has 1 heterocycles. The second kappa shape index (κ2) is 5.40. The van der Waals surface area contributed by atoms with E-state index in [4.69, 9.17) is 11.6 Å². The number of anilines is 1. The van der Waals surface area contributed by atoms with E-state index < -0.39 is 0 Å². The van der Waals surface area contributed by atoms with Crippen molar-refractivity contribution >= 4 is 33.2 Å². The molecule has 1 unspecified atom stereocenters. The number of hydrogen-bond acceptors (Lipinski definition) is 2. The van der Waals surface area contributed by atoms with Crippen molar-refractivity contribution in [2.75, 3.05) is 18.0 Å². The fraction of sp³-hybridized carbons (Fsp3) is 0.571. The lowest BCUT2D eigenvalue weighted by Gasteiger charge is -2.46. The van der Waals surface area contributed by atoms with Gasteiger partial charge in [-0.05, 0) is 54.4 Å². The Bertz CT molecular complexity index is 434. The van der Waals surface area contributed by atoms with Crippen LogP contribution in [-0.2, 0) is 0 Å². The van der Waals surface area contributed by atoms with Crippen LogP contribution in [0.2, 0.25) is 5.02 Å². The van der Waals surface area contributed by atoms with Crippen LogP contribution in [-0.4, -0.2) is 24.7 Å². The highest BCUT2D eigenvalue weighted by molar-refractivity contribution is 9.10. The van der Waals surface area contributed by atoms with Gasteiger partial charge in [0.25, 0.3) is 0 Å². The Morgan fingerprint density at radius 2 is 2.22 bits per heavy atom. The van der Waals surface area contributed by atoms with Gasteiger partial charge in [0.05, 0.1) is 5.02 Å². The zero-order valence-electron chi connectivity index (χ0n) is 11.1. The molecule has 100 valence electrons. The van der Waals surface area contributed by atoms with Gasteiger partial charge in [0.2, 0.25) is 0 Å². The normalized spacial score (nSPS) is 23.2. The van der Waals surface area contributed by atoms with E-state index in [2.05, 4.69) is 59.1 Å². The highest BCUT2D eigenvalue weighted by Gasteiger charge is 2.31. The smallest absolute Gasteiger partial charge is 0.0568 e. The molecule has 2 rings (SSSR count). The van der Waals surface area contributed by atoms with Crippen molar-refractivity contribution in [3.05, 3.63) is 27.7 Å². The topological polar surface area (TPSA) is 15.3 Å². The zero-order chi connectivity index (χ0) is 13.3. The van der Waals surface area contributed by atoms with Gasteiger partial charge in [0.15, 0.2) is 0 Å². The molecule has 2 nitrogen and oxygen atoms in total. The van der Waals surface area contributed by atoms with Crippen LogP contribution in [0.5, 0.6) is 0 Å². The molecule has 0 spiro atoms. The molecule has 1 aliphatic heterocycles. The first kappa shape index (κ1) is 14.2. The number of halogens is 2. The van der Waals surface area contributed by atoms with Gasteiger partial charge in [0.1, 0.15) is 0 Å². The predicted octanol–water partition coefficient (Wildman–Crippen LogP) is 4.07. The molecule has 4 heteroatoms. The minimum Gasteiger partial charge on any atom is -0.365 e. The summed E-state index contributed by atoms with van der Waals surface area (Å²) in [6, 6.07) is 6.75. The number of nitrogens with zero attached hydrogens (tertiary/aromatic N) is 1. The van der Waals surface area contributed by atoms with Gasteiger partial charge in [-0.2, -0.15) is 0 Å². The van der Waals surface area contributed by atoms with Crippen molar-refractivity contribution < 1.29 is 0 Å². The van der Waals surface area contributed by atoms with Gasteiger partial charge in [0, 0.05) is 34.8 Å². The van der Waals surface area contributed by atoms with Crippen LogP contribution in [0.25, 0.3) is 0 Å². The van der Waals surface area contributed by atoms with Crippen LogP contribution in [0.4, 0.5) is 5.69 Å². The highest BCUT2D eigenvalue weighted by Crippen LogP contribution is 2.31. The summed E-state index contributed by atoms with van der Waals surface area (Å²) in [4.78, 5) is 2.47. The summed E-state index contributed by atoms with van der Waals surface area (Å²) in [5, 5.41) is 4.38. The van der Waals surface area contributed by atoms with Crippen molar-refractivity contribution in [2.45, 2.75) is 38.8 Å². The predicted molar refractivity (Wildman–Crippen MR) is 82.7 cm³/mol. The molecule has 0 saturated carbocycles. The van der Waals surface area contributed by atoms with Gasteiger partial charge in [-0.1, -0.05) is 18.5 Å². The van der Waals surface area contributed by atoms with E-state index in [1.807, 2.05) is 6.07 Å². The minimum absolute atomic E-state index is 0.144. The largest absolute Gasteiger partial charge is 0.365 e. The van der Waals surface area contributed by atoms with E-state index in [9.17, 15) is 0 Å². The Morgan fingerprint density at radius 3 is 2.83 bits per heavy atom. The highest BCUT2D eigenvalue weighted by atomic mass is 79.9. The summed E-state index contributed by atoms with van der Waals surface area (Å²) < 4.78 is 0.954. The molecule has 1 aromatic carbocycles. The molecule has 0 bridgehead atoms. The molecule has 0 aliphatic carbocycles. The monoisotopic (exact) mass is 330 g/mol. The van der Waals surface area contributed by atoms with E-state index in [1.54, 1.807) is 0 Å². The standard InChI is InChI=1S/C14H20BrClN2/c1-4-10-8-17-14(2,3)9-18(10)11-5-6-12(15)13(16)7-11/h5-7,10,17H,4,8-9H2,1-3H3. The Morgan fingerprint density at radius 1 is 1.50 bits per heavy atom. The number of benzene rings is 1. The number of hydrogen-bond donors (Lipinski definition) is 1. The van der Waals surface area contributed by atoms with Crippen LogP contribution in [0, 0.1) is 0 Å². The van der Waals surface area contributed by atoms with Crippen LogP contribution in [0.15, 0.2) is 22.7 Å². The maximum atomic E-state index is 6.21. The summed E-state index contributed by atoms with van der Waals surface area (Å²) in [7, 11) is 0. The molecule has 0 amide bonds. The molecule has 1 N–H and O–H groups in total. The fourth-order valence-corrected chi connectivity index (χ4v) is 2.87. The molecular formula is C14H20BrClN2. The molecule has 1 fully saturated rings. The lowest BCUT2D eigenvalue weighted by atomic mass is 9.97. The van der Waals surface area contributed by atoms with Crippen LogP contribution in [0.1, 0.15) is 27.2 Å². The minimum atomic E-state index is 0.144. The fourth-order valence-electron chi connectivity index (χ4n) is 2.45. The van der Waals surface area contributed by atoms with E-state index in [1.165, 1.54) is 5.69 Å². The van der Waals surface area contributed by atoms with E-state index in [0.29, 0.717) is 6.04 Å².